The van der Waals surface area contributed by atoms with Crippen LogP contribution in [0, 0.1) is 17.6 Å². The molecule has 1 aromatic heterocycles. The zero-order valence-electron chi connectivity index (χ0n) is 11.1. The Kier molecular flexibility index (Phi) is 3.78. The second kappa shape index (κ2) is 5.71. The van der Waals surface area contributed by atoms with Gasteiger partial charge in [0.05, 0.1) is 11.9 Å². The largest absolute Gasteiger partial charge is 0.342 e. The first-order valence-electron chi connectivity index (χ1n) is 6.92. The maximum absolute atomic E-state index is 13.7. The smallest absolute Gasteiger partial charge is 0.135 e. The number of nitrogens with zero attached hydrogens (tertiary/aromatic N) is 1. The maximum Gasteiger partial charge on any atom is 0.135 e. The van der Waals surface area contributed by atoms with Gasteiger partial charge in [-0.15, -0.1) is 0 Å². The van der Waals surface area contributed by atoms with Crippen molar-refractivity contribution >= 4 is 0 Å². The molecule has 0 amide bonds. The standard InChI is InChI=1S/C15H17F2N3/c16-11-1-2-12(13(17)8-11)14-9-19-15(20-14)7-10-3-5-18-6-4-10/h1-2,8-10,18H,3-7H2,(H,19,20). The molecule has 5 heteroatoms. The first-order chi connectivity index (χ1) is 9.72. The number of halogens is 2. The van der Waals surface area contributed by atoms with Crippen molar-refractivity contribution in [1.29, 1.82) is 0 Å². The molecule has 0 bridgehead atoms. The molecule has 3 rings (SSSR count). The predicted octanol–water partition coefficient (Wildman–Crippen LogP) is 2.90. The summed E-state index contributed by atoms with van der Waals surface area (Å²) in [5.74, 6) is 0.353. The fourth-order valence-corrected chi connectivity index (χ4v) is 2.67. The molecule has 106 valence electrons. The fraction of sp³-hybridized carbons (Fsp3) is 0.400. The van der Waals surface area contributed by atoms with Crippen molar-refractivity contribution in [3.63, 3.8) is 0 Å². The topological polar surface area (TPSA) is 40.7 Å². The van der Waals surface area contributed by atoms with E-state index >= 15 is 0 Å². The molecule has 1 aliphatic rings. The Bertz CT molecular complexity index is 589. The average Bonchev–Trinajstić information content (AvgIpc) is 2.88. The molecular formula is C15H17F2N3. The highest BCUT2D eigenvalue weighted by Crippen LogP contribution is 2.23. The van der Waals surface area contributed by atoms with Crippen molar-refractivity contribution < 1.29 is 8.78 Å². The van der Waals surface area contributed by atoms with E-state index in [0.717, 1.165) is 44.2 Å². The molecule has 2 aromatic rings. The van der Waals surface area contributed by atoms with Crippen LogP contribution in [0.25, 0.3) is 11.3 Å². The van der Waals surface area contributed by atoms with Gasteiger partial charge in [0, 0.05) is 18.1 Å². The summed E-state index contributed by atoms with van der Waals surface area (Å²) in [7, 11) is 0. The van der Waals surface area contributed by atoms with Gasteiger partial charge in [-0.2, -0.15) is 0 Å². The van der Waals surface area contributed by atoms with Gasteiger partial charge < -0.3 is 10.3 Å². The number of nitrogens with one attached hydrogen (secondary N) is 2. The molecule has 0 atom stereocenters. The molecule has 0 saturated carbocycles. The molecule has 1 aliphatic heterocycles. The third-order valence-electron chi connectivity index (χ3n) is 3.79. The van der Waals surface area contributed by atoms with Crippen LogP contribution < -0.4 is 5.32 Å². The van der Waals surface area contributed by atoms with Crippen molar-refractivity contribution in [2.45, 2.75) is 19.3 Å². The average molecular weight is 277 g/mol. The minimum Gasteiger partial charge on any atom is -0.342 e. The normalized spacial score (nSPS) is 16.5. The molecule has 3 nitrogen and oxygen atoms in total. The van der Waals surface area contributed by atoms with E-state index in [2.05, 4.69) is 15.3 Å². The minimum absolute atomic E-state index is 0.357. The molecule has 1 fully saturated rings. The van der Waals surface area contributed by atoms with E-state index in [1.165, 1.54) is 12.1 Å². The Morgan fingerprint density at radius 2 is 2.00 bits per heavy atom. The quantitative estimate of drug-likeness (QED) is 0.905. The lowest BCUT2D eigenvalue weighted by Crippen LogP contribution is -2.28. The summed E-state index contributed by atoms with van der Waals surface area (Å²) in [6.45, 7) is 2.09. The van der Waals surface area contributed by atoms with Crippen molar-refractivity contribution in [1.82, 2.24) is 15.3 Å². The summed E-state index contributed by atoms with van der Waals surface area (Å²) in [6, 6.07) is 3.58. The van der Waals surface area contributed by atoms with Gasteiger partial charge in [-0.1, -0.05) is 0 Å². The van der Waals surface area contributed by atoms with Gasteiger partial charge in [-0.3, -0.25) is 0 Å². The molecule has 1 aromatic carbocycles. The zero-order valence-corrected chi connectivity index (χ0v) is 11.1. The third kappa shape index (κ3) is 2.88. The lowest BCUT2D eigenvalue weighted by atomic mass is 9.94. The summed E-state index contributed by atoms with van der Waals surface area (Å²) in [5.41, 5.74) is 0.960. The monoisotopic (exact) mass is 277 g/mol. The van der Waals surface area contributed by atoms with Crippen molar-refractivity contribution in [2.24, 2.45) is 5.92 Å². The van der Waals surface area contributed by atoms with E-state index in [-0.39, 0.29) is 0 Å². The molecular weight excluding hydrogens is 260 g/mol. The summed E-state index contributed by atoms with van der Waals surface area (Å²) in [6.07, 6.45) is 4.78. The van der Waals surface area contributed by atoms with Crippen molar-refractivity contribution in [3.05, 3.63) is 41.9 Å². The first kappa shape index (κ1) is 13.2. The van der Waals surface area contributed by atoms with Crippen LogP contribution in [-0.2, 0) is 6.42 Å². The van der Waals surface area contributed by atoms with Crippen molar-refractivity contribution in [3.8, 4) is 11.3 Å². The van der Waals surface area contributed by atoms with Gasteiger partial charge in [0.25, 0.3) is 0 Å². The molecule has 0 aliphatic carbocycles. The number of hydrogen-bond acceptors (Lipinski definition) is 2. The summed E-state index contributed by atoms with van der Waals surface area (Å²) in [4.78, 5) is 7.46. The van der Waals surface area contributed by atoms with Crippen LogP contribution >= 0.6 is 0 Å². The molecule has 2 N–H and O–H groups in total. The lowest BCUT2D eigenvalue weighted by Gasteiger charge is -2.21. The second-order valence-electron chi connectivity index (χ2n) is 5.27. The molecule has 0 unspecified atom stereocenters. The minimum atomic E-state index is -0.569. The highest BCUT2D eigenvalue weighted by atomic mass is 19.1. The van der Waals surface area contributed by atoms with Crippen LogP contribution in [0.4, 0.5) is 8.78 Å². The number of H-pyrrole nitrogens is 1. The Balaban J connectivity index is 1.75. The number of hydrogen-bond donors (Lipinski definition) is 2. The highest BCUT2D eigenvalue weighted by Gasteiger charge is 2.16. The number of aromatic amines is 1. The molecule has 0 spiro atoms. The molecule has 1 saturated heterocycles. The van der Waals surface area contributed by atoms with Crippen LogP contribution in [0.3, 0.4) is 0 Å². The summed E-state index contributed by atoms with van der Waals surface area (Å²) < 4.78 is 26.6. The highest BCUT2D eigenvalue weighted by molar-refractivity contribution is 5.59. The van der Waals surface area contributed by atoms with Gasteiger partial charge in [-0.05, 0) is 44.0 Å². The molecule has 0 radical (unpaired) electrons. The zero-order chi connectivity index (χ0) is 13.9. The van der Waals surface area contributed by atoms with E-state index in [1.807, 2.05) is 0 Å². The Morgan fingerprint density at radius 3 is 2.75 bits per heavy atom. The Morgan fingerprint density at radius 1 is 1.20 bits per heavy atom. The fourth-order valence-electron chi connectivity index (χ4n) is 2.67. The second-order valence-corrected chi connectivity index (χ2v) is 5.27. The summed E-state index contributed by atoms with van der Waals surface area (Å²) in [5, 5.41) is 3.33. The van der Waals surface area contributed by atoms with E-state index in [4.69, 9.17) is 0 Å². The molecule has 2 heterocycles. The van der Waals surface area contributed by atoms with Crippen LogP contribution in [0.2, 0.25) is 0 Å². The van der Waals surface area contributed by atoms with Crippen LogP contribution in [0.1, 0.15) is 18.7 Å². The van der Waals surface area contributed by atoms with Crippen LogP contribution in [-0.4, -0.2) is 23.1 Å². The number of benzene rings is 1. The third-order valence-corrected chi connectivity index (χ3v) is 3.79. The van der Waals surface area contributed by atoms with Gasteiger partial charge in [0.2, 0.25) is 0 Å². The van der Waals surface area contributed by atoms with E-state index in [9.17, 15) is 8.78 Å². The van der Waals surface area contributed by atoms with E-state index < -0.39 is 11.6 Å². The van der Waals surface area contributed by atoms with Crippen LogP contribution in [0.5, 0.6) is 0 Å². The Labute approximate surface area is 116 Å². The summed E-state index contributed by atoms with van der Waals surface area (Å²) >= 11 is 0. The first-order valence-corrected chi connectivity index (χ1v) is 6.92. The Hall–Kier alpha value is -1.75. The number of piperidine rings is 1. The van der Waals surface area contributed by atoms with Gasteiger partial charge in [-0.25, -0.2) is 13.8 Å². The van der Waals surface area contributed by atoms with Gasteiger partial charge in [0.15, 0.2) is 0 Å². The predicted molar refractivity (Wildman–Crippen MR) is 73.2 cm³/mol. The lowest BCUT2D eigenvalue weighted by molar-refractivity contribution is 0.368. The maximum atomic E-state index is 13.7. The van der Waals surface area contributed by atoms with Crippen LogP contribution in [0.15, 0.2) is 24.4 Å². The van der Waals surface area contributed by atoms with Gasteiger partial charge >= 0.3 is 0 Å². The number of imidazole rings is 1. The SMILES string of the molecule is Fc1ccc(-c2cnc(CC3CCNCC3)[nH]2)c(F)c1. The van der Waals surface area contributed by atoms with E-state index in [0.29, 0.717) is 17.2 Å². The molecule has 20 heavy (non-hydrogen) atoms. The van der Waals surface area contributed by atoms with Crippen molar-refractivity contribution in [2.75, 3.05) is 13.1 Å². The number of rotatable bonds is 3. The van der Waals surface area contributed by atoms with Gasteiger partial charge in [0.1, 0.15) is 17.5 Å². The number of aromatic nitrogens is 2. The van der Waals surface area contributed by atoms with E-state index in [1.54, 1.807) is 6.20 Å².